The van der Waals surface area contributed by atoms with Crippen LogP contribution in [0.5, 0.6) is 0 Å². The van der Waals surface area contributed by atoms with Crippen LogP contribution in [0.3, 0.4) is 0 Å². The third-order valence-corrected chi connectivity index (χ3v) is 6.93. The fourth-order valence-electron chi connectivity index (χ4n) is 3.99. The SMILES string of the molecule is Cc1c(Nc2c(C#N)cnc3sc(-c4ccc(F)c(C(=O)N(C)C)c4)cc23)ccc2[nH]ccc12. The Morgan fingerprint density at radius 2 is 2.00 bits per heavy atom. The molecule has 0 radical (unpaired) electrons. The van der Waals surface area contributed by atoms with Gasteiger partial charge in [0.25, 0.3) is 5.91 Å². The third kappa shape index (κ3) is 3.56. The Balaban J connectivity index is 1.63. The summed E-state index contributed by atoms with van der Waals surface area (Å²) in [5, 5.41) is 15.1. The lowest BCUT2D eigenvalue weighted by atomic mass is 10.1. The summed E-state index contributed by atoms with van der Waals surface area (Å²) in [6.45, 7) is 2.03. The lowest BCUT2D eigenvalue weighted by molar-refractivity contribution is 0.0823. The second-order valence-electron chi connectivity index (χ2n) is 8.18. The number of aromatic amines is 1. The van der Waals surface area contributed by atoms with Crippen molar-refractivity contribution < 1.29 is 9.18 Å². The van der Waals surface area contributed by atoms with Crippen LogP contribution in [0, 0.1) is 24.1 Å². The molecule has 0 aliphatic rings. The van der Waals surface area contributed by atoms with E-state index >= 15 is 0 Å². The molecule has 0 saturated heterocycles. The van der Waals surface area contributed by atoms with E-state index < -0.39 is 11.7 Å². The van der Waals surface area contributed by atoms with Gasteiger partial charge in [-0.2, -0.15) is 5.26 Å². The molecule has 0 atom stereocenters. The van der Waals surface area contributed by atoms with Gasteiger partial charge in [-0.3, -0.25) is 4.79 Å². The first-order valence-electron chi connectivity index (χ1n) is 10.6. The van der Waals surface area contributed by atoms with E-state index in [1.54, 1.807) is 32.4 Å². The van der Waals surface area contributed by atoms with Gasteiger partial charge in [-0.15, -0.1) is 11.3 Å². The molecule has 0 aliphatic carbocycles. The molecule has 168 valence electrons. The molecule has 2 aromatic carbocycles. The zero-order valence-corrected chi connectivity index (χ0v) is 19.5. The van der Waals surface area contributed by atoms with Gasteiger partial charge in [0.1, 0.15) is 16.7 Å². The highest BCUT2D eigenvalue weighted by molar-refractivity contribution is 7.22. The van der Waals surface area contributed by atoms with Crippen LogP contribution in [0.15, 0.2) is 54.9 Å². The third-order valence-electron chi connectivity index (χ3n) is 5.83. The standard InChI is InChI=1S/C26H20FN5OS/c1-14-17-8-9-29-22(17)7-6-21(14)31-24-16(12-28)13-30-25-19(24)11-23(34-25)15-4-5-20(27)18(10-15)26(33)32(2)3/h4-11,13,29H,1-3H3,(H,30,31). The Bertz CT molecular complexity index is 1630. The number of H-pyrrole nitrogens is 1. The minimum Gasteiger partial charge on any atom is -0.361 e. The number of aryl methyl sites for hydroxylation is 1. The summed E-state index contributed by atoms with van der Waals surface area (Å²) in [7, 11) is 3.18. The van der Waals surface area contributed by atoms with E-state index in [0.717, 1.165) is 37.2 Å². The van der Waals surface area contributed by atoms with Gasteiger partial charge in [0.15, 0.2) is 0 Å². The smallest absolute Gasteiger partial charge is 0.256 e. The van der Waals surface area contributed by atoms with Crippen molar-refractivity contribution in [3.05, 3.63) is 77.4 Å². The number of nitriles is 1. The van der Waals surface area contributed by atoms with Crippen LogP contribution in [-0.4, -0.2) is 34.9 Å². The molecule has 5 aromatic rings. The molecule has 34 heavy (non-hydrogen) atoms. The summed E-state index contributed by atoms with van der Waals surface area (Å²) >= 11 is 1.42. The molecule has 0 aliphatic heterocycles. The number of halogens is 1. The van der Waals surface area contributed by atoms with Crippen LogP contribution < -0.4 is 5.32 Å². The number of pyridine rings is 1. The number of rotatable bonds is 4. The topological polar surface area (TPSA) is 84.8 Å². The van der Waals surface area contributed by atoms with Gasteiger partial charge in [0.05, 0.1) is 16.8 Å². The van der Waals surface area contributed by atoms with Crippen LogP contribution in [0.1, 0.15) is 21.5 Å². The highest BCUT2D eigenvalue weighted by Gasteiger charge is 2.18. The zero-order chi connectivity index (χ0) is 24.0. The number of hydrogen-bond donors (Lipinski definition) is 2. The quantitative estimate of drug-likeness (QED) is 0.328. The molecule has 8 heteroatoms. The normalized spacial score (nSPS) is 11.0. The van der Waals surface area contributed by atoms with E-state index in [9.17, 15) is 14.4 Å². The Morgan fingerprint density at radius 1 is 1.18 bits per heavy atom. The van der Waals surface area contributed by atoms with Crippen LogP contribution in [0.25, 0.3) is 31.6 Å². The van der Waals surface area contributed by atoms with E-state index in [0.29, 0.717) is 16.8 Å². The van der Waals surface area contributed by atoms with Crippen LogP contribution in [0.2, 0.25) is 0 Å². The molecular formula is C26H20FN5OS. The van der Waals surface area contributed by atoms with Gasteiger partial charge in [0, 0.05) is 53.3 Å². The first kappa shape index (κ1) is 21.6. The predicted octanol–water partition coefficient (Wildman–Crippen LogP) is 6.21. The Kier molecular flexibility index (Phi) is 5.27. The molecule has 0 spiro atoms. The lowest BCUT2D eigenvalue weighted by Crippen LogP contribution is -2.22. The van der Waals surface area contributed by atoms with E-state index in [4.69, 9.17) is 0 Å². The number of hydrogen-bond acceptors (Lipinski definition) is 5. The van der Waals surface area contributed by atoms with E-state index in [1.165, 1.54) is 22.3 Å². The van der Waals surface area contributed by atoms with E-state index in [-0.39, 0.29) is 5.56 Å². The van der Waals surface area contributed by atoms with Crippen LogP contribution in [-0.2, 0) is 0 Å². The fourth-order valence-corrected chi connectivity index (χ4v) is 4.99. The van der Waals surface area contributed by atoms with Crippen LogP contribution >= 0.6 is 11.3 Å². The number of anilines is 2. The summed E-state index contributed by atoms with van der Waals surface area (Å²) in [4.78, 5) is 23.0. The number of thiophene rings is 1. The first-order valence-corrected chi connectivity index (χ1v) is 11.4. The minimum atomic E-state index is -0.563. The molecule has 6 nitrogen and oxygen atoms in total. The number of nitrogens with one attached hydrogen (secondary N) is 2. The number of carbonyl (C=O) groups is 1. The van der Waals surface area contributed by atoms with Crippen LogP contribution in [0.4, 0.5) is 15.8 Å². The molecule has 0 unspecified atom stereocenters. The number of fused-ring (bicyclic) bond motifs is 2. The largest absolute Gasteiger partial charge is 0.361 e. The van der Waals surface area contributed by atoms with Crippen molar-refractivity contribution in [1.82, 2.24) is 14.9 Å². The van der Waals surface area contributed by atoms with Gasteiger partial charge < -0.3 is 15.2 Å². The Labute approximate surface area is 199 Å². The van der Waals surface area contributed by atoms with Gasteiger partial charge in [0.2, 0.25) is 0 Å². The molecule has 0 fully saturated rings. The van der Waals surface area contributed by atoms with Gasteiger partial charge in [-0.1, -0.05) is 6.07 Å². The van der Waals surface area contributed by atoms with Crippen molar-refractivity contribution in [3.8, 4) is 16.5 Å². The summed E-state index contributed by atoms with van der Waals surface area (Å²) in [6.07, 6.45) is 3.46. The summed E-state index contributed by atoms with van der Waals surface area (Å²) < 4.78 is 14.3. The second kappa shape index (κ2) is 8.28. The van der Waals surface area contributed by atoms with Gasteiger partial charge in [-0.05, 0) is 54.4 Å². The Hall–Kier alpha value is -4.22. The Morgan fingerprint density at radius 3 is 2.76 bits per heavy atom. The molecule has 0 saturated carbocycles. The number of benzene rings is 2. The van der Waals surface area contributed by atoms with Gasteiger partial charge >= 0.3 is 0 Å². The molecule has 2 N–H and O–H groups in total. The van der Waals surface area contributed by atoms with Crippen molar-refractivity contribution in [2.75, 3.05) is 19.4 Å². The first-order chi connectivity index (χ1) is 16.4. The molecule has 0 bridgehead atoms. The summed E-state index contributed by atoms with van der Waals surface area (Å²) in [6, 6.07) is 14.7. The molecule has 3 aromatic heterocycles. The molecule has 3 heterocycles. The van der Waals surface area contributed by atoms with Crippen molar-refractivity contribution in [2.45, 2.75) is 6.92 Å². The van der Waals surface area contributed by atoms with E-state index in [2.05, 4.69) is 21.4 Å². The predicted molar refractivity (Wildman–Crippen MR) is 134 cm³/mol. The molecular weight excluding hydrogens is 449 g/mol. The fraction of sp³-hybridized carbons (Fsp3) is 0.115. The number of carbonyl (C=O) groups excluding carboxylic acids is 1. The summed E-state index contributed by atoms with van der Waals surface area (Å²) in [5.74, 6) is -0.963. The highest BCUT2D eigenvalue weighted by atomic mass is 32.1. The van der Waals surface area contributed by atoms with Gasteiger partial charge in [-0.25, -0.2) is 9.37 Å². The number of amides is 1. The maximum Gasteiger partial charge on any atom is 0.256 e. The maximum absolute atomic E-state index is 14.3. The molecule has 1 amide bonds. The summed E-state index contributed by atoms with van der Waals surface area (Å²) in [5.41, 5.74) is 4.81. The van der Waals surface area contributed by atoms with Crippen molar-refractivity contribution in [3.63, 3.8) is 0 Å². The highest BCUT2D eigenvalue weighted by Crippen LogP contribution is 2.39. The van der Waals surface area contributed by atoms with Crippen molar-refractivity contribution in [2.24, 2.45) is 0 Å². The second-order valence-corrected chi connectivity index (χ2v) is 9.22. The van der Waals surface area contributed by atoms with Crippen molar-refractivity contribution >= 4 is 49.7 Å². The monoisotopic (exact) mass is 469 g/mol. The average Bonchev–Trinajstić information content (AvgIpc) is 3.48. The number of aromatic nitrogens is 2. The van der Waals surface area contributed by atoms with E-state index in [1.807, 2.05) is 37.4 Å². The maximum atomic E-state index is 14.3. The number of nitrogens with zero attached hydrogens (tertiary/aromatic N) is 3. The molecule has 5 rings (SSSR count). The average molecular weight is 470 g/mol. The lowest BCUT2D eigenvalue weighted by Gasteiger charge is -2.13. The van der Waals surface area contributed by atoms with Crippen molar-refractivity contribution in [1.29, 1.82) is 5.26 Å². The minimum absolute atomic E-state index is 0.0133. The zero-order valence-electron chi connectivity index (χ0n) is 18.7.